The van der Waals surface area contributed by atoms with Crippen molar-refractivity contribution in [3.05, 3.63) is 53.9 Å². The number of hydrogen-bond donors (Lipinski definition) is 3. The van der Waals surface area contributed by atoms with Crippen molar-refractivity contribution in [3.63, 3.8) is 0 Å². The molecule has 0 bridgehead atoms. The summed E-state index contributed by atoms with van der Waals surface area (Å²) >= 11 is 0. The number of nitrogens with zero attached hydrogens (tertiary/aromatic N) is 6. The van der Waals surface area contributed by atoms with Crippen LogP contribution in [0.2, 0.25) is 0 Å². The lowest BCUT2D eigenvalue weighted by atomic mass is 10.1. The molecule has 10 nitrogen and oxygen atoms in total. The Morgan fingerprint density at radius 1 is 1.29 bits per heavy atom. The zero-order valence-corrected chi connectivity index (χ0v) is 15.4. The van der Waals surface area contributed by atoms with E-state index in [9.17, 15) is 10.1 Å². The van der Waals surface area contributed by atoms with Crippen LogP contribution in [0, 0.1) is 11.3 Å². The van der Waals surface area contributed by atoms with Gasteiger partial charge in [-0.1, -0.05) is 6.07 Å². The molecule has 1 aromatic carbocycles. The van der Waals surface area contributed by atoms with Crippen LogP contribution in [-0.4, -0.2) is 31.9 Å². The average Bonchev–Trinajstić information content (AvgIpc) is 3.22. The van der Waals surface area contributed by atoms with Crippen LogP contribution < -0.4 is 21.9 Å². The summed E-state index contributed by atoms with van der Waals surface area (Å²) in [7, 11) is 0. The Labute approximate surface area is 161 Å². The number of aromatic nitrogens is 4. The van der Waals surface area contributed by atoms with Gasteiger partial charge in [-0.15, -0.1) is 0 Å². The molecule has 1 amide bonds. The van der Waals surface area contributed by atoms with Crippen molar-refractivity contribution in [2.24, 2.45) is 11.6 Å². The Kier molecular flexibility index (Phi) is 5.19. The van der Waals surface area contributed by atoms with Gasteiger partial charge in [-0.3, -0.25) is 9.80 Å². The highest BCUT2D eigenvalue weighted by Crippen LogP contribution is 2.27. The van der Waals surface area contributed by atoms with Crippen molar-refractivity contribution in [3.8, 4) is 11.8 Å². The van der Waals surface area contributed by atoms with E-state index >= 15 is 0 Å². The molecule has 0 aliphatic rings. The van der Waals surface area contributed by atoms with Gasteiger partial charge >= 0.3 is 0 Å². The van der Waals surface area contributed by atoms with E-state index in [1.165, 1.54) is 15.9 Å². The number of amides is 1. The van der Waals surface area contributed by atoms with Gasteiger partial charge in [0.2, 0.25) is 0 Å². The lowest BCUT2D eigenvalue weighted by molar-refractivity contribution is 0.100. The monoisotopic (exact) mass is 377 g/mol. The van der Waals surface area contributed by atoms with E-state index in [0.717, 1.165) is 0 Å². The molecule has 10 heteroatoms. The van der Waals surface area contributed by atoms with E-state index in [0.29, 0.717) is 11.4 Å². The minimum atomic E-state index is -0.712. The topological polar surface area (TPSA) is 152 Å². The van der Waals surface area contributed by atoms with Crippen LogP contribution in [-0.2, 0) is 0 Å². The van der Waals surface area contributed by atoms with Gasteiger partial charge < -0.3 is 11.1 Å². The zero-order valence-electron chi connectivity index (χ0n) is 15.4. The maximum Gasteiger partial charge on any atom is 0.252 e. The Hall–Kier alpha value is -3.97. The van der Waals surface area contributed by atoms with Gasteiger partial charge in [0.05, 0.1) is 29.2 Å². The Balaban J connectivity index is 2.06. The summed E-state index contributed by atoms with van der Waals surface area (Å²) < 4.78 is 0. The number of nitrogens with two attached hydrogens (primary N) is 2. The maximum absolute atomic E-state index is 11.9. The summed E-state index contributed by atoms with van der Waals surface area (Å²) in [4.78, 5) is 17.8. The lowest BCUT2D eigenvalue weighted by Crippen LogP contribution is -2.39. The minimum absolute atomic E-state index is 0.0834. The highest BCUT2D eigenvalue weighted by Gasteiger charge is 2.20. The van der Waals surface area contributed by atoms with Gasteiger partial charge in [-0.25, -0.2) is 10.8 Å². The van der Waals surface area contributed by atoms with Crippen LogP contribution in [0.3, 0.4) is 0 Å². The minimum Gasteiger partial charge on any atom is -0.365 e. The molecule has 142 valence electrons. The van der Waals surface area contributed by atoms with Crippen molar-refractivity contribution in [2.75, 3.05) is 10.3 Å². The number of anilines is 3. The molecule has 0 saturated carbocycles. The van der Waals surface area contributed by atoms with E-state index in [2.05, 4.69) is 20.5 Å². The number of nitrogens with one attached hydrogen (secondary N) is 1. The molecule has 0 unspecified atom stereocenters. The highest BCUT2D eigenvalue weighted by atomic mass is 16.1. The summed E-state index contributed by atoms with van der Waals surface area (Å²) in [6, 6.07) is 10.5. The first kappa shape index (κ1) is 18.8. The first-order valence-corrected chi connectivity index (χ1v) is 8.43. The molecule has 5 N–H and O–H groups in total. The van der Waals surface area contributed by atoms with Gasteiger partial charge in [0.15, 0.2) is 5.82 Å². The van der Waals surface area contributed by atoms with E-state index in [-0.39, 0.29) is 28.8 Å². The summed E-state index contributed by atoms with van der Waals surface area (Å²) in [5, 5.41) is 22.0. The van der Waals surface area contributed by atoms with Crippen LogP contribution in [0.1, 0.15) is 29.8 Å². The molecule has 28 heavy (non-hydrogen) atoms. The van der Waals surface area contributed by atoms with Gasteiger partial charge in [0.1, 0.15) is 11.9 Å². The molecule has 2 heterocycles. The molecule has 0 fully saturated rings. The number of hydrazine groups is 1. The van der Waals surface area contributed by atoms with E-state index < -0.39 is 5.91 Å². The number of benzene rings is 1. The van der Waals surface area contributed by atoms with Crippen LogP contribution in [0.25, 0.3) is 5.69 Å². The third-order valence-electron chi connectivity index (χ3n) is 3.95. The summed E-state index contributed by atoms with van der Waals surface area (Å²) in [6.45, 7) is 3.72. The number of hydrogen-bond acceptors (Lipinski definition) is 8. The molecule has 0 spiro atoms. The van der Waals surface area contributed by atoms with Crippen LogP contribution >= 0.6 is 0 Å². The standard InChI is InChI=1S/C18H19N9O/c1-11(2)26(21)18-12(10-19)8-15(16(20)28)17(25-18)24-13-4-3-5-14(9-13)27-22-6-7-23-27/h3-9,11H,21H2,1-2H3,(H2,20,28)(H,24,25). The molecular formula is C18H19N9O. The van der Waals surface area contributed by atoms with Gasteiger partial charge in [0, 0.05) is 11.7 Å². The van der Waals surface area contributed by atoms with Crippen molar-refractivity contribution in [2.45, 2.75) is 19.9 Å². The fourth-order valence-corrected chi connectivity index (χ4v) is 2.50. The fraction of sp³-hybridized carbons (Fsp3) is 0.167. The van der Waals surface area contributed by atoms with Gasteiger partial charge in [-0.2, -0.15) is 20.3 Å². The summed E-state index contributed by atoms with van der Waals surface area (Å²) in [5.74, 6) is 5.78. The van der Waals surface area contributed by atoms with E-state index in [1.807, 2.05) is 26.0 Å². The largest absolute Gasteiger partial charge is 0.365 e. The quantitative estimate of drug-likeness (QED) is 0.431. The van der Waals surface area contributed by atoms with Crippen molar-refractivity contribution >= 4 is 23.2 Å². The predicted octanol–water partition coefficient (Wildman–Crippen LogP) is 1.46. The first-order valence-electron chi connectivity index (χ1n) is 8.43. The number of carbonyl (C=O) groups excluding carboxylic acids is 1. The second kappa shape index (κ2) is 7.73. The summed E-state index contributed by atoms with van der Waals surface area (Å²) in [5.41, 5.74) is 7.08. The number of carbonyl (C=O) groups is 1. The molecule has 3 rings (SSSR count). The Bertz CT molecular complexity index is 1040. The number of rotatable bonds is 6. The van der Waals surface area contributed by atoms with Gasteiger partial charge in [0.25, 0.3) is 5.91 Å². The molecular weight excluding hydrogens is 358 g/mol. The molecule has 0 radical (unpaired) electrons. The highest BCUT2D eigenvalue weighted by molar-refractivity contribution is 5.99. The van der Waals surface area contributed by atoms with Crippen molar-refractivity contribution in [1.29, 1.82) is 5.26 Å². The summed E-state index contributed by atoms with van der Waals surface area (Å²) in [6.07, 6.45) is 3.14. The van der Waals surface area contributed by atoms with Crippen molar-refractivity contribution < 1.29 is 4.79 Å². The zero-order chi connectivity index (χ0) is 20.3. The number of nitriles is 1. The molecule has 0 atom stereocenters. The van der Waals surface area contributed by atoms with E-state index in [1.54, 1.807) is 30.6 Å². The molecule has 0 aliphatic heterocycles. The molecule has 0 saturated heterocycles. The van der Waals surface area contributed by atoms with Gasteiger partial charge in [-0.05, 0) is 38.1 Å². The third kappa shape index (κ3) is 3.74. The van der Waals surface area contributed by atoms with Crippen LogP contribution in [0.5, 0.6) is 0 Å². The SMILES string of the molecule is CC(C)N(N)c1nc(Nc2cccc(-n3nccn3)c2)c(C(N)=O)cc1C#N. The molecule has 3 aromatic rings. The number of pyridine rings is 1. The maximum atomic E-state index is 11.9. The Morgan fingerprint density at radius 3 is 2.61 bits per heavy atom. The lowest BCUT2D eigenvalue weighted by Gasteiger charge is -2.24. The normalized spacial score (nSPS) is 10.5. The number of primary amides is 1. The third-order valence-corrected chi connectivity index (χ3v) is 3.95. The average molecular weight is 377 g/mol. The Morgan fingerprint density at radius 2 is 2.00 bits per heavy atom. The van der Waals surface area contributed by atoms with Crippen LogP contribution in [0.15, 0.2) is 42.7 Å². The second-order valence-electron chi connectivity index (χ2n) is 6.23. The smallest absolute Gasteiger partial charge is 0.252 e. The van der Waals surface area contributed by atoms with E-state index in [4.69, 9.17) is 11.6 Å². The van der Waals surface area contributed by atoms with Crippen molar-refractivity contribution in [1.82, 2.24) is 20.0 Å². The van der Waals surface area contributed by atoms with Crippen LogP contribution in [0.4, 0.5) is 17.3 Å². The second-order valence-corrected chi connectivity index (χ2v) is 6.23. The predicted molar refractivity (Wildman–Crippen MR) is 104 cm³/mol. The first-order chi connectivity index (χ1) is 13.4. The molecule has 0 aliphatic carbocycles. The fourth-order valence-electron chi connectivity index (χ4n) is 2.50. The molecule has 2 aromatic heterocycles.